The van der Waals surface area contributed by atoms with Gasteiger partial charge in [-0.3, -0.25) is 9.59 Å². The third-order valence-electron chi connectivity index (χ3n) is 4.75. The van der Waals surface area contributed by atoms with E-state index in [0.29, 0.717) is 34.4 Å². The Balaban J connectivity index is 1.62. The molecule has 154 valence electrons. The van der Waals surface area contributed by atoms with Crippen molar-refractivity contribution < 1.29 is 23.9 Å². The lowest BCUT2D eigenvalue weighted by Gasteiger charge is -2.18. The van der Waals surface area contributed by atoms with Crippen LogP contribution in [-0.2, 0) is 22.4 Å². The van der Waals surface area contributed by atoms with E-state index < -0.39 is 24.4 Å². The normalized spacial score (nSPS) is 15.3. The van der Waals surface area contributed by atoms with Crippen molar-refractivity contribution in [2.24, 2.45) is 11.7 Å². The molecule has 0 saturated heterocycles. The van der Waals surface area contributed by atoms with Gasteiger partial charge < -0.3 is 20.5 Å². The first kappa shape index (κ1) is 20.9. The molecule has 1 atom stereocenters. The second-order valence-electron chi connectivity index (χ2n) is 7.00. The van der Waals surface area contributed by atoms with Gasteiger partial charge in [0.05, 0.1) is 17.7 Å². The van der Waals surface area contributed by atoms with Crippen LogP contribution in [0.25, 0.3) is 0 Å². The van der Waals surface area contributed by atoms with E-state index >= 15 is 0 Å². The third-order valence-corrected chi connectivity index (χ3v) is 5.92. The molecule has 3 N–H and O–H groups in total. The van der Waals surface area contributed by atoms with Crippen molar-refractivity contribution >= 4 is 34.1 Å². The average molecular weight is 416 g/mol. The Morgan fingerprint density at radius 1 is 1.24 bits per heavy atom. The van der Waals surface area contributed by atoms with Gasteiger partial charge in [-0.05, 0) is 61.9 Å². The molecule has 1 aliphatic carbocycles. The highest BCUT2D eigenvalue weighted by molar-refractivity contribution is 7.17. The SMILES string of the molecule is CCOc1ccc(C(=O)OCC(=O)Nc2sc3c(c2C(N)=O)CC[C@H](C)C3)cc1. The predicted molar refractivity (Wildman–Crippen MR) is 111 cm³/mol. The summed E-state index contributed by atoms with van der Waals surface area (Å²) in [6.07, 6.45) is 2.62. The molecule has 0 unspecified atom stereocenters. The fourth-order valence-corrected chi connectivity index (χ4v) is 4.76. The highest BCUT2D eigenvalue weighted by Crippen LogP contribution is 2.39. The smallest absolute Gasteiger partial charge is 0.338 e. The summed E-state index contributed by atoms with van der Waals surface area (Å²) in [4.78, 5) is 37.4. The minimum absolute atomic E-state index is 0.319. The molecular formula is C21H24N2O5S. The molecule has 0 bridgehead atoms. The zero-order valence-electron chi connectivity index (χ0n) is 16.4. The van der Waals surface area contributed by atoms with Crippen LogP contribution < -0.4 is 15.8 Å². The minimum Gasteiger partial charge on any atom is -0.494 e. The van der Waals surface area contributed by atoms with Crippen molar-refractivity contribution in [3.8, 4) is 5.75 Å². The predicted octanol–water partition coefficient (Wildman–Crippen LogP) is 3.17. The molecule has 1 aliphatic rings. The maximum Gasteiger partial charge on any atom is 0.338 e. The molecule has 0 aliphatic heterocycles. The molecule has 0 fully saturated rings. The number of nitrogens with two attached hydrogens (primary N) is 1. The van der Waals surface area contributed by atoms with Crippen LogP contribution in [0.4, 0.5) is 5.00 Å². The van der Waals surface area contributed by atoms with Gasteiger partial charge in [0.2, 0.25) is 0 Å². The monoisotopic (exact) mass is 416 g/mol. The maximum atomic E-state index is 12.3. The van der Waals surface area contributed by atoms with E-state index in [1.54, 1.807) is 24.3 Å². The number of primary amides is 1. The number of ether oxygens (including phenoxy) is 2. The van der Waals surface area contributed by atoms with Crippen LogP contribution in [0.2, 0.25) is 0 Å². The Labute approximate surface area is 173 Å². The van der Waals surface area contributed by atoms with Gasteiger partial charge in [-0.25, -0.2) is 4.79 Å². The molecule has 1 heterocycles. The van der Waals surface area contributed by atoms with Crippen LogP contribution in [-0.4, -0.2) is 31.0 Å². The number of carbonyl (C=O) groups is 3. The number of amides is 2. The summed E-state index contributed by atoms with van der Waals surface area (Å²) in [5.41, 5.74) is 7.18. The Morgan fingerprint density at radius 2 is 1.97 bits per heavy atom. The van der Waals surface area contributed by atoms with Crippen molar-refractivity contribution in [3.05, 3.63) is 45.8 Å². The number of benzene rings is 1. The quantitative estimate of drug-likeness (QED) is 0.674. The lowest BCUT2D eigenvalue weighted by atomic mass is 9.88. The lowest BCUT2D eigenvalue weighted by Crippen LogP contribution is -2.23. The van der Waals surface area contributed by atoms with Gasteiger partial charge in [0, 0.05) is 4.88 Å². The van der Waals surface area contributed by atoms with E-state index in [4.69, 9.17) is 15.2 Å². The fraction of sp³-hybridized carbons (Fsp3) is 0.381. The first-order chi connectivity index (χ1) is 13.9. The molecule has 0 radical (unpaired) electrons. The number of hydrogen-bond donors (Lipinski definition) is 2. The topological polar surface area (TPSA) is 108 Å². The van der Waals surface area contributed by atoms with Gasteiger partial charge in [0.15, 0.2) is 6.61 Å². The first-order valence-corrected chi connectivity index (χ1v) is 10.3. The van der Waals surface area contributed by atoms with Gasteiger partial charge in [-0.15, -0.1) is 11.3 Å². The number of esters is 1. The molecule has 2 amide bonds. The van der Waals surface area contributed by atoms with Crippen LogP contribution in [0.15, 0.2) is 24.3 Å². The van der Waals surface area contributed by atoms with Crippen LogP contribution in [0.3, 0.4) is 0 Å². The van der Waals surface area contributed by atoms with Gasteiger partial charge in [-0.2, -0.15) is 0 Å². The maximum absolute atomic E-state index is 12.3. The highest BCUT2D eigenvalue weighted by atomic mass is 32.1. The van der Waals surface area contributed by atoms with E-state index in [-0.39, 0.29) is 0 Å². The summed E-state index contributed by atoms with van der Waals surface area (Å²) in [5, 5.41) is 3.11. The number of rotatable bonds is 7. The number of thiophene rings is 1. The number of fused-ring (bicyclic) bond motifs is 1. The van der Waals surface area contributed by atoms with E-state index in [1.165, 1.54) is 11.3 Å². The van der Waals surface area contributed by atoms with Gasteiger partial charge in [0.25, 0.3) is 11.8 Å². The van der Waals surface area contributed by atoms with E-state index in [2.05, 4.69) is 12.2 Å². The van der Waals surface area contributed by atoms with E-state index in [9.17, 15) is 14.4 Å². The number of nitrogens with one attached hydrogen (secondary N) is 1. The molecule has 8 heteroatoms. The summed E-state index contributed by atoms with van der Waals surface area (Å²) in [6, 6.07) is 6.47. The molecule has 3 rings (SSSR count). The molecule has 1 aromatic heterocycles. The van der Waals surface area contributed by atoms with Crippen LogP contribution >= 0.6 is 11.3 Å². The van der Waals surface area contributed by atoms with Crippen molar-refractivity contribution in [1.29, 1.82) is 0 Å². The molecule has 29 heavy (non-hydrogen) atoms. The van der Waals surface area contributed by atoms with Crippen LogP contribution in [0.1, 0.15) is 51.4 Å². The van der Waals surface area contributed by atoms with E-state index in [0.717, 1.165) is 29.7 Å². The summed E-state index contributed by atoms with van der Waals surface area (Å²) in [7, 11) is 0. The molecule has 1 aromatic carbocycles. The van der Waals surface area contributed by atoms with Gasteiger partial charge in [0.1, 0.15) is 10.8 Å². The van der Waals surface area contributed by atoms with E-state index in [1.807, 2.05) is 6.92 Å². The molecule has 7 nitrogen and oxygen atoms in total. The summed E-state index contributed by atoms with van der Waals surface area (Å²) >= 11 is 1.37. The summed E-state index contributed by atoms with van der Waals surface area (Å²) in [5.74, 6) is -0.507. The van der Waals surface area contributed by atoms with Crippen molar-refractivity contribution in [2.45, 2.75) is 33.1 Å². The fourth-order valence-electron chi connectivity index (χ4n) is 3.33. The zero-order chi connectivity index (χ0) is 21.0. The van der Waals surface area contributed by atoms with Crippen molar-refractivity contribution in [2.75, 3.05) is 18.5 Å². The lowest BCUT2D eigenvalue weighted by molar-refractivity contribution is -0.119. The zero-order valence-corrected chi connectivity index (χ0v) is 17.3. The van der Waals surface area contributed by atoms with Gasteiger partial charge >= 0.3 is 5.97 Å². The third kappa shape index (κ3) is 4.95. The number of carbonyl (C=O) groups excluding carboxylic acids is 3. The largest absolute Gasteiger partial charge is 0.494 e. The van der Waals surface area contributed by atoms with Crippen molar-refractivity contribution in [1.82, 2.24) is 0 Å². The standard InChI is InChI=1S/C21H24N2O5S/c1-3-27-14-7-5-13(6-8-14)21(26)28-11-17(24)23-20-18(19(22)25)15-9-4-12(2)10-16(15)29-20/h5-8,12H,3-4,9-11H2,1-2H3,(H2,22,25)(H,23,24)/t12-/m0/s1. The van der Waals surface area contributed by atoms with Crippen LogP contribution in [0, 0.1) is 5.92 Å². The Bertz CT molecular complexity index is 920. The van der Waals surface area contributed by atoms with Crippen LogP contribution in [0.5, 0.6) is 5.75 Å². The Hall–Kier alpha value is -2.87. The molecule has 2 aromatic rings. The minimum atomic E-state index is -0.613. The second kappa shape index (κ2) is 9.09. The summed E-state index contributed by atoms with van der Waals surface area (Å²) < 4.78 is 10.4. The molecular weight excluding hydrogens is 392 g/mol. The number of anilines is 1. The summed E-state index contributed by atoms with van der Waals surface area (Å²) in [6.45, 7) is 4.10. The Kier molecular flexibility index (Phi) is 6.53. The van der Waals surface area contributed by atoms with Crippen molar-refractivity contribution in [3.63, 3.8) is 0 Å². The van der Waals surface area contributed by atoms with Gasteiger partial charge in [-0.1, -0.05) is 6.92 Å². The average Bonchev–Trinajstić information content (AvgIpc) is 3.03. The highest BCUT2D eigenvalue weighted by Gasteiger charge is 2.27. The number of hydrogen-bond acceptors (Lipinski definition) is 6. The molecule has 0 saturated carbocycles. The molecule has 0 spiro atoms. The Morgan fingerprint density at radius 3 is 2.62 bits per heavy atom. The second-order valence-corrected chi connectivity index (χ2v) is 8.11. The first-order valence-electron chi connectivity index (χ1n) is 9.53.